The van der Waals surface area contributed by atoms with Crippen molar-refractivity contribution in [2.24, 2.45) is 5.92 Å². The third kappa shape index (κ3) is 11.9. The molecule has 9 nitrogen and oxygen atoms in total. The van der Waals surface area contributed by atoms with Crippen LogP contribution in [0.25, 0.3) is 0 Å². The molecule has 0 aliphatic carbocycles. The lowest BCUT2D eigenvalue weighted by molar-refractivity contribution is -0.152. The van der Waals surface area contributed by atoms with Crippen molar-refractivity contribution in [2.45, 2.75) is 110 Å². The molecule has 3 rings (SSSR count). The smallest absolute Gasteiger partial charge is 0.328 e. The van der Waals surface area contributed by atoms with Crippen LogP contribution in [0.5, 0.6) is 5.75 Å². The second-order valence-corrected chi connectivity index (χ2v) is 12.3. The van der Waals surface area contributed by atoms with Gasteiger partial charge in [0.1, 0.15) is 30.5 Å². The fourth-order valence-corrected chi connectivity index (χ4v) is 5.64. The van der Waals surface area contributed by atoms with Crippen LogP contribution in [-0.4, -0.2) is 60.4 Å². The molecule has 45 heavy (non-hydrogen) atoms. The zero-order valence-electron chi connectivity index (χ0n) is 27.4. The van der Waals surface area contributed by atoms with Crippen LogP contribution in [0.1, 0.15) is 89.7 Å². The summed E-state index contributed by atoms with van der Waals surface area (Å²) in [4.78, 5) is 54.3. The number of methoxy groups -OCH3 is 1. The number of nitrogens with one attached hydrogen (secondary N) is 2. The standard InChI is InChI=1S/C36H51N3O6/c1-5-6-7-8-12-17-33(40)37-30(24-27-18-20-29(21-19-27)45-25-28-14-10-9-11-15-28)34(41)38-31(23-26(2)3)35(42)39-22-13-16-32(39)36(43)44-4/h9-11,14-15,18-21,26,30-32H,5-8,12-13,16-17,22-25H2,1-4H3,(H,37,40)(H,38,41)/t30-,31-,32-/m0/s1. The highest BCUT2D eigenvalue weighted by Crippen LogP contribution is 2.22. The van der Waals surface area contributed by atoms with E-state index in [2.05, 4.69) is 17.6 Å². The van der Waals surface area contributed by atoms with Crippen molar-refractivity contribution < 1.29 is 28.7 Å². The Hall–Kier alpha value is -3.88. The van der Waals surface area contributed by atoms with E-state index in [1.165, 1.54) is 12.0 Å². The number of hydrogen-bond acceptors (Lipinski definition) is 6. The average molecular weight is 622 g/mol. The Morgan fingerprint density at radius 3 is 2.27 bits per heavy atom. The Morgan fingerprint density at radius 2 is 1.60 bits per heavy atom. The summed E-state index contributed by atoms with van der Waals surface area (Å²) in [6.45, 7) is 6.98. The first-order valence-corrected chi connectivity index (χ1v) is 16.5. The summed E-state index contributed by atoms with van der Waals surface area (Å²) in [7, 11) is 1.32. The second kappa shape index (κ2) is 18.8. The van der Waals surface area contributed by atoms with Gasteiger partial charge in [-0.15, -0.1) is 0 Å². The number of rotatable bonds is 18. The van der Waals surface area contributed by atoms with Crippen molar-refractivity contribution in [1.82, 2.24) is 15.5 Å². The molecule has 9 heteroatoms. The van der Waals surface area contributed by atoms with E-state index in [1.807, 2.05) is 68.4 Å². The van der Waals surface area contributed by atoms with Crippen molar-refractivity contribution >= 4 is 23.7 Å². The van der Waals surface area contributed by atoms with E-state index >= 15 is 0 Å². The van der Waals surface area contributed by atoms with Crippen molar-refractivity contribution in [3.05, 3.63) is 65.7 Å². The number of hydrogen-bond donors (Lipinski definition) is 2. The normalized spacial score (nSPS) is 15.8. The lowest BCUT2D eigenvalue weighted by atomic mass is 10.00. The number of carbonyl (C=O) groups excluding carboxylic acids is 4. The van der Waals surface area contributed by atoms with Crippen LogP contribution in [0.4, 0.5) is 0 Å². The summed E-state index contributed by atoms with van der Waals surface area (Å²) in [6.07, 6.45) is 7.27. The van der Waals surface area contributed by atoms with Crippen LogP contribution < -0.4 is 15.4 Å². The van der Waals surface area contributed by atoms with Crippen LogP contribution >= 0.6 is 0 Å². The summed E-state index contributed by atoms with van der Waals surface area (Å²) >= 11 is 0. The van der Waals surface area contributed by atoms with Gasteiger partial charge in [0, 0.05) is 19.4 Å². The number of amides is 3. The van der Waals surface area contributed by atoms with E-state index < -0.39 is 30.0 Å². The lowest BCUT2D eigenvalue weighted by Crippen LogP contribution is -2.56. The van der Waals surface area contributed by atoms with Gasteiger partial charge < -0.3 is 25.0 Å². The molecule has 1 aliphatic heterocycles. The molecular formula is C36H51N3O6. The molecule has 0 saturated carbocycles. The number of ether oxygens (including phenoxy) is 2. The van der Waals surface area contributed by atoms with Crippen LogP contribution in [0.2, 0.25) is 0 Å². The molecule has 246 valence electrons. The monoisotopic (exact) mass is 621 g/mol. The van der Waals surface area contributed by atoms with Gasteiger partial charge in [0.15, 0.2) is 0 Å². The molecule has 2 aromatic rings. The molecule has 0 unspecified atom stereocenters. The summed E-state index contributed by atoms with van der Waals surface area (Å²) in [5.41, 5.74) is 1.91. The minimum Gasteiger partial charge on any atom is -0.489 e. The van der Waals surface area contributed by atoms with Gasteiger partial charge in [-0.25, -0.2) is 4.79 Å². The molecule has 0 spiro atoms. The first kappa shape index (κ1) is 35.6. The average Bonchev–Trinajstić information content (AvgIpc) is 3.53. The van der Waals surface area contributed by atoms with Crippen molar-refractivity contribution in [3.63, 3.8) is 0 Å². The number of esters is 1. The Labute approximate surface area is 268 Å². The topological polar surface area (TPSA) is 114 Å². The summed E-state index contributed by atoms with van der Waals surface area (Å²) in [6, 6.07) is 15.0. The van der Waals surface area contributed by atoms with Gasteiger partial charge in [0.05, 0.1) is 7.11 Å². The van der Waals surface area contributed by atoms with Crippen LogP contribution in [0.15, 0.2) is 54.6 Å². The van der Waals surface area contributed by atoms with Crippen LogP contribution in [-0.2, 0) is 36.9 Å². The third-order valence-corrected chi connectivity index (χ3v) is 8.10. The number of unbranched alkanes of at least 4 members (excludes halogenated alkanes) is 4. The highest BCUT2D eigenvalue weighted by Gasteiger charge is 2.39. The van der Waals surface area contributed by atoms with E-state index in [0.29, 0.717) is 44.6 Å². The van der Waals surface area contributed by atoms with Gasteiger partial charge in [-0.3, -0.25) is 14.4 Å². The molecule has 2 aromatic carbocycles. The predicted octanol–water partition coefficient (Wildman–Crippen LogP) is 5.35. The van der Waals surface area contributed by atoms with E-state index in [1.54, 1.807) is 0 Å². The van der Waals surface area contributed by atoms with Crippen LogP contribution in [0.3, 0.4) is 0 Å². The molecule has 3 amide bonds. The first-order chi connectivity index (χ1) is 21.7. The van der Waals surface area contributed by atoms with E-state index in [4.69, 9.17) is 9.47 Å². The fourth-order valence-electron chi connectivity index (χ4n) is 5.64. The van der Waals surface area contributed by atoms with Crippen molar-refractivity contribution in [1.29, 1.82) is 0 Å². The number of benzene rings is 2. The second-order valence-electron chi connectivity index (χ2n) is 12.3. The molecule has 3 atom stereocenters. The Bertz CT molecular complexity index is 1220. The zero-order valence-corrected chi connectivity index (χ0v) is 27.4. The predicted molar refractivity (Wildman–Crippen MR) is 174 cm³/mol. The maximum Gasteiger partial charge on any atom is 0.328 e. The molecular weight excluding hydrogens is 570 g/mol. The molecule has 1 heterocycles. The molecule has 1 saturated heterocycles. The summed E-state index contributed by atoms with van der Waals surface area (Å²) < 4.78 is 10.8. The molecule has 0 radical (unpaired) electrons. The lowest BCUT2D eigenvalue weighted by Gasteiger charge is -2.30. The molecule has 0 aromatic heterocycles. The third-order valence-electron chi connectivity index (χ3n) is 8.10. The van der Waals surface area contributed by atoms with Crippen molar-refractivity contribution in [2.75, 3.05) is 13.7 Å². The largest absolute Gasteiger partial charge is 0.489 e. The SMILES string of the molecule is CCCCCCCC(=O)N[C@@H](Cc1ccc(OCc2ccccc2)cc1)C(=O)N[C@@H](CC(C)C)C(=O)N1CCC[C@H]1C(=O)OC. The zero-order chi connectivity index (χ0) is 32.6. The Morgan fingerprint density at radius 1 is 0.889 bits per heavy atom. The van der Waals surface area contributed by atoms with Gasteiger partial charge in [-0.2, -0.15) is 0 Å². The van der Waals surface area contributed by atoms with Crippen LogP contribution in [0, 0.1) is 5.92 Å². The maximum atomic E-state index is 13.8. The number of carbonyl (C=O) groups is 4. The van der Waals surface area contributed by atoms with E-state index in [-0.39, 0.29) is 24.2 Å². The molecule has 2 N–H and O–H groups in total. The minimum absolute atomic E-state index is 0.109. The van der Waals surface area contributed by atoms with E-state index in [9.17, 15) is 19.2 Å². The molecule has 1 aliphatic rings. The highest BCUT2D eigenvalue weighted by atomic mass is 16.5. The number of likely N-dealkylation sites (tertiary alicyclic amines) is 1. The quantitative estimate of drug-likeness (QED) is 0.171. The van der Waals surface area contributed by atoms with Gasteiger partial charge in [-0.1, -0.05) is 88.9 Å². The van der Waals surface area contributed by atoms with Gasteiger partial charge in [0.25, 0.3) is 0 Å². The Balaban J connectivity index is 1.72. The first-order valence-electron chi connectivity index (χ1n) is 16.5. The fraction of sp³-hybridized carbons (Fsp3) is 0.556. The highest BCUT2D eigenvalue weighted by molar-refractivity contribution is 5.94. The maximum absolute atomic E-state index is 13.8. The summed E-state index contributed by atoms with van der Waals surface area (Å²) in [5.74, 6) is -0.550. The Kier molecular flexibility index (Phi) is 14.9. The van der Waals surface area contributed by atoms with Gasteiger partial charge in [0.2, 0.25) is 17.7 Å². The number of nitrogens with zero attached hydrogens (tertiary/aromatic N) is 1. The molecule has 1 fully saturated rings. The van der Waals surface area contributed by atoms with E-state index in [0.717, 1.165) is 43.2 Å². The van der Waals surface area contributed by atoms with Gasteiger partial charge >= 0.3 is 5.97 Å². The van der Waals surface area contributed by atoms with Gasteiger partial charge in [-0.05, 0) is 54.9 Å². The molecule has 0 bridgehead atoms. The minimum atomic E-state index is -0.873. The summed E-state index contributed by atoms with van der Waals surface area (Å²) in [5, 5.41) is 5.88. The van der Waals surface area contributed by atoms with Crippen molar-refractivity contribution in [3.8, 4) is 5.75 Å².